The standard InChI is InChI=1S/C9H18N2O2/c1-7-5-8(2)11(3-4-12)6-9(13)10-7/h7-8,12H,3-6H2,1-2H3,(H,10,13). The summed E-state index contributed by atoms with van der Waals surface area (Å²) in [6, 6.07) is 0.604. The van der Waals surface area contributed by atoms with Crippen LogP contribution in [-0.4, -0.2) is 47.7 Å². The molecule has 0 radical (unpaired) electrons. The molecule has 1 aliphatic heterocycles. The van der Waals surface area contributed by atoms with Crippen molar-refractivity contribution in [1.29, 1.82) is 0 Å². The highest BCUT2D eigenvalue weighted by Crippen LogP contribution is 2.09. The molecule has 1 fully saturated rings. The minimum atomic E-state index is 0.0605. The van der Waals surface area contributed by atoms with Gasteiger partial charge < -0.3 is 10.4 Å². The summed E-state index contributed by atoms with van der Waals surface area (Å²) in [6.45, 7) is 5.21. The third-order valence-corrected chi connectivity index (χ3v) is 2.46. The minimum absolute atomic E-state index is 0.0605. The Labute approximate surface area is 78.9 Å². The van der Waals surface area contributed by atoms with Crippen LogP contribution in [0.15, 0.2) is 0 Å². The highest BCUT2D eigenvalue weighted by molar-refractivity contribution is 5.78. The smallest absolute Gasteiger partial charge is 0.234 e. The summed E-state index contributed by atoms with van der Waals surface area (Å²) in [5, 5.41) is 11.7. The van der Waals surface area contributed by atoms with Gasteiger partial charge in [0.25, 0.3) is 0 Å². The number of rotatable bonds is 2. The number of aliphatic hydroxyl groups is 1. The van der Waals surface area contributed by atoms with Crippen LogP contribution < -0.4 is 5.32 Å². The molecule has 2 N–H and O–H groups in total. The topological polar surface area (TPSA) is 52.6 Å². The van der Waals surface area contributed by atoms with Gasteiger partial charge in [0.05, 0.1) is 13.2 Å². The number of hydrogen-bond donors (Lipinski definition) is 2. The number of amides is 1. The molecule has 13 heavy (non-hydrogen) atoms. The summed E-state index contributed by atoms with van der Waals surface area (Å²) in [7, 11) is 0. The Bertz CT molecular complexity index is 184. The van der Waals surface area contributed by atoms with Gasteiger partial charge in [0, 0.05) is 18.6 Å². The van der Waals surface area contributed by atoms with Gasteiger partial charge in [-0.3, -0.25) is 9.69 Å². The van der Waals surface area contributed by atoms with Crippen molar-refractivity contribution in [3.8, 4) is 0 Å². The number of hydrogen-bond acceptors (Lipinski definition) is 3. The molecule has 1 saturated heterocycles. The molecular weight excluding hydrogens is 168 g/mol. The van der Waals surface area contributed by atoms with Gasteiger partial charge in [-0.25, -0.2) is 0 Å². The van der Waals surface area contributed by atoms with E-state index in [9.17, 15) is 4.79 Å². The maximum atomic E-state index is 11.3. The van der Waals surface area contributed by atoms with Crippen molar-refractivity contribution < 1.29 is 9.90 Å². The predicted octanol–water partition coefficient (Wildman–Crippen LogP) is -0.422. The fourth-order valence-electron chi connectivity index (χ4n) is 1.81. The zero-order chi connectivity index (χ0) is 9.84. The SMILES string of the molecule is CC1CC(C)N(CCO)CC(=O)N1. The molecule has 2 atom stereocenters. The van der Waals surface area contributed by atoms with Crippen molar-refractivity contribution in [2.75, 3.05) is 19.7 Å². The molecule has 1 heterocycles. The van der Waals surface area contributed by atoms with E-state index in [2.05, 4.69) is 12.2 Å². The van der Waals surface area contributed by atoms with Gasteiger partial charge in [0.15, 0.2) is 0 Å². The van der Waals surface area contributed by atoms with E-state index < -0.39 is 0 Å². The second-order valence-electron chi connectivity index (χ2n) is 3.75. The number of carbonyl (C=O) groups excluding carboxylic acids is 1. The quantitative estimate of drug-likeness (QED) is 0.615. The van der Waals surface area contributed by atoms with E-state index in [4.69, 9.17) is 5.11 Å². The van der Waals surface area contributed by atoms with E-state index in [1.54, 1.807) is 0 Å². The van der Waals surface area contributed by atoms with Gasteiger partial charge in [0.1, 0.15) is 0 Å². The molecule has 76 valence electrons. The summed E-state index contributed by atoms with van der Waals surface area (Å²) in [6.07, 6.45) is 0.950. The highest BCUT2D eigenvalue weighted by atomic mass is 16.3. The van der Waals surface area contributed by atoms with Crippen LogP contribution in [0.4, 0.5) is 0 Å². The molecule has 1 aliphatic rings. The first-order chi connectivity index (χ1) is 6.13. The van der Waals surface area contributed by atoms with E-state index in [0.29, 0.717) is 19.1 Å². The fourth-order valence-corrected chi connectivity index (χ4v) is 1.81. The molecule has 4 nitrogen and oxygen atoms in total. The van der Waals surface area contributed by atoms with Crippen molar-refractivity contribution >= 4 is 5.91 Å². The first kappa shape index (κ1) is 10.5. The summed E-state index contributed by atoms with van der Waals surface area (Å²) in [5.74, 6) is 0.0605. The lowest BCUT2D eigenvalue weighted by molar-refractivity contribution is -0.122. The average Bonchev–Trinajstić information content (AvgIpc) is 2.12. The summed E-state index contributed by atoms with van der Waals surface area (Å²) in [4.78, 5) is 13.3. The van der Waals surface area contributed by atoms with Gasteiger partial charge in [-0.15, -0.1) is 0 Å². The zero-order valence-electron chi connectivity index (χ0n) is 8.29. The fraction of sp³-hybridized carbons (Fsp3) is 0.889. The zero-order valence-corrected chi connectivity index (χ0v) is 8.29. The van der Waals surface area contributed by atoms with E-state index in [1.807, 2.05) is 11.8 Å². The third kappa shape index (κ3) is 2.97. The van der Waals surface area contributed by atoms with E-state index in [1.165, 1.54) is 0 Å². The molecule has 0 spiro atoms. The lowest BCUT2D eigenvalue weighted by Gasteiger charge is -2.24. The first-order valence-electron chi connectivity index (χ1n) is 4.77. The summed E-state index contributed by atoms with van der Waals surface area (Å²) < 4.78 is 0. The van der Waals surface area contributed by atoms with Crippen LogP contribution in [0, 0.1) is 0 Å². The van der Waals surface area contributed by atoms with Crippen molar-refractivity contribution in [3.05, 3.63) is 0 Å². The number of nitrogens with zero attached hydrogens (tertiary/aromatic N) is 1. The van der Waals surface area contributed by atoms with Crippen molar-refractivity contribution in [2.45, 2.75) is 32.4 Å². The number of carbonyl (C=O) groups is 1. The Morgan fingerprint density at radius 1 is 1.62 bits per heavy atom. The molecule has 0 aromatic rings. The normalized spacial score (nSPS) is 31.2. The lowest BCUT2D eigenvalue weighted by Crippen LogP contribution is -2.38. The van der Waals surface area contributed by atoms with Crippen molar-refractivity contribution in [1.82, 2.24) is 10.2 Å². The molecule has 0 bridgehead atoms. The molecule has 4 heteroatoms. The van der Waals surface area contributed by atoms with Crippen LogP contribution in [0.1, 0.15) is 20.3 Å². The van der Waals surface area contributed by atoms with Crippen molar-refractivity contribution in [3.63, 3.8) is 0 Å². The maximum Gasteiger partial charge on any atom is 0.234 e. The van der Waals surface area contributed by atoms with Gasteiger partial charge in [-0.1, -0.05) is 0 Å². The molecule has 0 aromatic carbocycles. The molecule has 0 aliphatic carbocycles. The second kappa shape index (κ2) is 4.58. The molecule has 1 rings (SSSR count). The van der Waals surface area contributed by atoms with E-state index >= 15 is 0 Å². The Hall–Kier alpha value is -0.610. The first-order valence-corrected chi connectivity index (χ1v) is 4.77. The largest absolute Gasteiger partial charge is 0.395 e. The van der Waals surface area contributed by atoms with Gasteiger partial charge in [-0.05, 0) is 20.3 Å². The van der Waals surface area contributed by atoms with Crippen LogP contribution in [0.3, 0.4) is 0 Å². The van der Waals surface area contributed by atoms with E-state index in [-0.39, 0.29) is 18.6 Å². The van der Waals surface area contributed by atoms with E-state index in [0.717, 1.165) is 6.42 Å². The van der Waals surface area contributed by atoms with Crippen LogP contribution in [0.2, 0.25) is 0 Å². The Balaban J connectivity index is 2.57. The van der Waals surface area contributed by atoms with Gasteiger partial charge in [-0.2, -0.15) is 0 Å². The monoisotopic (exact) mass is 186 g/mol. The second-order valence-corrected chi connectivity index (χ2v) is 3.75. The molecule has 0 saturated carbocycles. The van der Waals surface area contributed by atoms with Crippen LogP contribution >= 0.6 is 0 Å². The summed E-state index contributed by atoms with van der Waals surface area (Å²) in [5.41, 5.74) is 0. The van der Waals surface area contributed by atoms with Gasteiger partial charge in [0.2, 0.25) is 5.91 Å². The predicted molar refractivity (Wildman–Crippen MR) is 50.3 cm³/mol. The third-order valence-electron chi connectivity index (χ3n) is 2.46. The minimum Gasteiger partial charge on any atom is -0.395 e. The molecule has 2 unspecified atom stereocenters. The van der Waals surface area contributed by atoms with Crippen molar-refractivity contribution in [2.24, 2.45) is 0 Å². The Morgan fingerprint density at radius 2 is 2.31 bits per heavy atom. The maximum absolute atomic E-state index is 11.3. The van der Waals surface area contributed by atoms with Crippen LogP contribution in [0.5, 0.6) is 0 Å². The van der Waals surface area contributed by atoms with Crippen LogP contribution in [0.25, 0.3) is 0 Å². The number of nitrogens with one attached hydrogen (secondary N) is 1. The lowest BCUT2D eigenvalue weighted by atomic mass is 10.1. The number of β-amino-alcohol motifs (C(OH)–C–C–N with tert-alkyl or cyclic N) is 1. The van der Waals surface area contributed by atoms with Crippen LogP contribution in [-0.2, 0) is 4.79 Å². The highest BCUT2D eigenvalue weighted by Gasteiger charge is 2.23. The molecule has 0 aromatic heterocycles. The molecule has 1 amide bonds. The Kier molecular flexibility index (Phi) is 3.69. The number of aliphatic hydroxyl groups excluding tert-OH is 1. The van der Waals surface area contributed by atoms with Gasteiger partial charge >= 0.3 is 0 Å². The average molecular weight is 186 g/mol. The molecular formula is C9H18N2O2. The summed E-state index contributed by atoms with van der Waals surface area (Å²) >= 11 is 0. The Morgan fingerprint density at radius 3 is 2.92 bits per heavy atom.